The maximum Gasteiger partial charge on any atom is 0.130 e. The molecule has 0 unspecified atom stereocenters. The van der Waals surface area contributed by atoms with Crippen LogP contribution in [0.2, 0.25) is 0 Å². The van der Waals surface area contributed by atoms with Crippen LogP contribution in [-0.4, -0.2) is 17.6 Å². The standard InChI is InChI=1S/C18H26N2O/c1-4-5-8-11-21-18-12-15(13-19-14(2)3)20-17-10-7-6-9-16(17)18/h6-7,9-10,12,14,19H,4-5,8,11,13H2,1-3H3. The number of nitrogens with one attached hydrogen (secondary N) is 1. The number of benzene rings is 1. The van der Waals surface area contributed by atoms with Crippen molar-refractivity contribution in [2.75, 3.05) is 6.61 Å². The van der Waals surface area contributed by atoms with Gasteiger partial charge in [0.15, 0.2) is 0 Å². The second-order valence-electron chi connectivity index (χ2n) is 5.72. The lowest BCUT2D eigenvalue weighted by molar-refractivity contribution is 0.309. The molecule has 0 aliphatic heterocycles. The minimum atomic E-state index is 0.451. The summed E-state index contributed by atoms with van der Waals surface area (Å²) in [5.74, 6) is 0.956. The fourth-order valence-electron chi connectivity index (χ4n) is 2.25. The maximum atomic E-state index is 6.00. The molecule has 3 heteroatoms. The van der Waals surface area contributed by atoms with E-state index in [4.69, 9.17) is 9.72 Å². The van der Waals surface area contributed by atoms with E-state index in [1.165, 1.54) is 12.8 Å². The molecule has 3 nitrogen and oxygen atoms in total. The molecular weight excluding hydrogens is 260 g/mol. The number of ether oxygens (including phenoxy) is 1. The first-order chi connectivity index (χ1) is 10.2. The Labute approximate surface area is 127 Å². The number of pyridine rings is 1. The van der Waals surface area contributed by atoms with Gasteiger partial charge in [-0.05, 0) is 18.6 Å². The molecule has 1 aromatic heterocycles. The van der Waals surface area contributed by atoms with Crippen molar-refractivity contribution in [1.82, 2.24) is 10.3 Å². The number of unbranched alkanes of at least 4 members (excludes halogenated alkanes) is 2. The minimum absolute atomic E-state index is 0.451. The monoisotopic (exact) mass is 286 g/mol. The van der Waals surface area contributed by atoms with E-state index in [0.29, 0.717) is 6.04 Å². The molecule has 0 radical (unpaired) electrons. The fourth-order valence-corrected chi connectivity index (χ4v) is 2.25. The van der Waals surface area contributed by atoms with Gasteiger partial charge in [-0.15, -0.1) is 0 Å². The van der Waals surface area contributed by atoms with Crippen LogP contribution >= 0.6 is 0 Å². The Morgan fingerprint density at radius 1 is 1.19 bits per heavy atom. The topological polar surface area (TPSA) is 34.1 Å². The number of para-hydroxylation sites is 1. The summed E-state index contributed by atoms with van der Waals surface area (Å²) in [7, 11) is 0. The molecule has 0 fully saturated rings. The van der Waals surface area contributed by atoms with Crippen LogP contribution in [0.5, 0.6) is 5.75 Å². The molecule has 0 saturated carbocycles. The van der Waals surface area contributed by atoms with E-state index >= 15 is 0 Å². The second-order valence-corrected chi connectivity index (χ2v) is 5.72. The number of hydrogen-bond acceptors (Lipinski definition) is 3. The average molecular weight is 286 g/mol. The first kappa shape index (κ1) is 15.8. The summed E-state index contributed by atoms with van der Waals surface area (Å²) in [4.78, 5) is 4.71. The minimum Gasteiger partial charge on any atom is -0.493 e. The molecule has 2 aromatic rings. The van der Waals surface area contributed by atoms with Crippen molar-refractivity contribution in [3.8, 4) is 5.75 Å². The summed E-state index contributed by atoms with van der Waals surface area (Å²) >= 11 is 0. The number of fused-ring (bicyclic) bond motifs is 1. The molecule has 0 atom stereocenters. The van der Waals surface area contributed by atoms with E-state index < -0.39 is 0 Å². The highest BCUT2D eigenvalue weighted by Gasteiger charge is 2.07. The second kappa shape index (κ2) is 7.99. The highest BCUT2D eigenvalue weighted by atomic mass is 16.5. The highest BCUT2D eigenvalue weighted by molar-refractivity contribution is 5.85. The molecule has 1 aromatic carbocycles. The van der Waals surface area contributed by atoms with Crippen molar-refractivity contribution in [2.24, 2.45) is 0 Å². The summed E-state index contributed by atoms with van der Waals surface area (Å²) < 4.78 is 6.00. The van der Waals surface area contributed by atoms with Crippen LogP contribution in [0.3, 0.4) is 0 Å². The van der Waals surface area contributed by atoms with Crippen LogP contribution in [0.25, 0.3) is 10.9 Å². The Hall–Kier alpha value is -1.61. The Morgan fingerprint density at radius 2 is 2.00 bits per heavy atom. The summed E-state index contributed by atoms with van der Waals surface area (Å²) in [6.07, 6.45) is 3.53. The van der Waals surface area contributed by atoms with Gasteiger partial charge >= 0.3 is 0 Å². The Bertz CT molecular complexity index is 566. The van der Waals surface area contributed by atoms with Gasteiger partial charge in [0, 0.05) is 24.0 Å². The zero-order valence-corrected chi connectivity index (χ0v) is 13.4. The van der Waals surface area contributed by atoms with Gasteiger partial charge in [-0.1, -0.05) is 45.7 Å². The predicted octanol–water partition coefficient (Wildman–Crippen LogP) is 4.30. The molecule has 0 amide bonds. The third kappa shape index (κ3) is 4.71. The zero-order valence-electron chi connectivity index (χ0n) is 13.4. The van der Waals surface area contributed by atoms with E-state index in [-0.39, 0.29) is 0 Å². The number of nitrogens with zero attached hydrogens (tertiary/aromatic N) is 1. The van der Waals surface area contributed by atoms with E-state index in [9.17, 15) is 0 Å². The van der Waals surface area contributed by atoms with Gasteiger partial charge in [0.1, 0.15) is 5.75 Å². The first-order valence-electron chi connectivity index (χ1n) is 7.95. The summed E-state index contributed by atoms with van der Waals surface area (Å²) in [6, 6.07) is 10.7. The largest absolute Gasteiger partial charge is 0.493 e. The van der Waals surface area contributed by atoms with E-state index in [0.717, 1.165) is 41.9 Å². The maximum absolute atomic E-state index is 6.00. The van der Waals surface area contributed by atoms with Crippen LogP contribution in [0.1, 0.15) is 45.7 Å². The average Bonchev–Trinajstić information content (AvgIpc) is 2.49. The van der Waals surface area contributed by atoms with Gasteiger partial charge in [-0.3, -0.25) is 4.98 Å². The highest BCUT2D eigenvalue weighted by Crippen LogP contribution is 2.25. The fraction of sp³-hybridized carbons (Fsp3) is 0.500. The number of rotatable bonds is 8. The summed E-state index contributed by atoms with van der Waals surface area (Å²) in [5, 5.41) is 4.51. The van der Waals surface area contributed by atoms with Gasteiger partial charge < -0.3 is 10.1 Å². The van der Waals surface area contributed by atoms with E-state index in [2.05, 4.69) is 38.2 Å². The van der Waals surface area contributed by atoms with Crippen molar-refractivity contribution >= 4 is 10.9 Å². The van der Waals surface area contributed by atoms with Crippen molar-refractivity contribution < 1.29 is 4.74 Å². The molecule has 1 heterocycles. The van der Waals surface area contributed by atoms with Crippen LogP contribution in [0.4, 0.5) is 0 Å². The molecule has 0 aliphatic rings. The lowest BCUT2D eigenvalue weighted by Gasteiger charge is -2.13. The lowest BCUT2D eigenvalue weighted by atomic mass is 10.1. The third-order valence-electron chi connectivity index (χ3n) is 3.43. The van der Waals surface area contributed by atoms with Crippen LogP contribution in [-0.2, 0) is 6.54 Å². The summed E-state index contributed by atoms with van der Waals surface area (Å²) in [6.45, 7) is 8.04. The lowest BCUT2D eigenvalue weighted by Crippen LogP contribution is -2.22. The van der Waals surface area contributed by atoms with Crippen LogP contribution < -0.4 is 10.1 Å². The molecule has 0 spiro atoms. The Balaban J connectivity index is 2.18. The molecule has 21 heavy (non-hydrogen) atoms. The smallest absolute Gasteiger partial charge is 0.130 e. The molecule has 1 N–H and O–H groups in total. The van der Waals surface area contributed by atoms with Gasteiger partial charge in [-0.2, -0.15) is 0 Å². The van der Waals surface area contributed by atoms with E-state index in [1.54, 1.807) is 0 Å². The van der Waals surface area contributed by atoms with E-state index in [1.807, 2.05) is 18.2 Å². The predicted molar refractivity (Wildman–Crippen MR) is 88.7 cm³/mol. The molecule has 2 rings (SSSR count). The molecule has 0 bridgehead atoms. The van der Waals surface area contributed by atoms with Crippen molar-refractivity contribution in [1.29, 1.82) is 0 Å². The van der Waals surface area contributed by atoms with Crippen molar-refractivity contribution in [2.45, 2.75) is 52.6 Å². The summed E-state index contributed by atoms with van der Waals surface area (Å²) in [5.41, 5.74) is 2.04. The third-order valence-corrected chi connectivity index (χ3v) is 3.43. The SMILES string of the molecule is CCCCCOc1cc(CNC(C)C)nc2ccccc12. The Morgan fingerprint density at radius 3 is 2.76 bits per heavy atom. The molecular formula is C18H26N2O. The van der Waals surface area contributed by atoms with Gasteiger partial charge in [0.05, 0.1) is 17.8 Å². The Kier molecular flexibility index (Phi) is 6.00. The van der Waals surface area contributed by atoms with Crippen LogP contribution in [0.15, 0.2) is 30.3 Å². The molecule has 0 saturated heterocycles. The molecule has 0 aliphatic carbocycles. The normalized spacial score (nSPS) is 11.2. The van der Waals surface area contributed by atoms with Gasteiger partial charge in [0.2, 0.25) is 0 Å². The van der Waals surface area contributed by atoms with Gasteiger partial charge in [-0.25, -0.2) is 0 Å². The van der Waals surface area contributed by atoms with Crippen molar-refractivity contribution in [3.05, 3.63) is 36.0 Å². The number of aromatic nitrogens is 1. The molecule has 114 valence electrons. The van der Waals surface area contributed by atoms with Gasteiger partial charge in [0.25, 0.3) is 0 Å². The number of hydrogen-bond donors (Lipinski definition) is 1. The van der Waals surface area contributed by atoms with Crippen molar-refractivity contribution in [3.63, 3.8) is 0 Å². The first-order valence-corrected chi connectivity index (χ1v) is 7.95. The van der Waals surface area contributed by atoms with Crippen LogP contribution in [0, 0.1) is 0 Å². The quantitative estimate of drug-likeness (QED) is 0.735. The zero-order chi connectivity index (χ0) is 15.1.